The summed E-state index contributed by atoms with van der Waals surface area (Å²) in [5.41, 5.74) is -0.528. The van der Waals surface area contributed by atoms with Crippen LogP contribution in [-0.4, -0.2) is 18.2 Å². The standard InChI is InChI=1S/C14H13BrO5S/c1-7-5-9(16)13(18)14(20-7)8(6-12(17)19-2)10-3-4-11(15)21-10/h3-5,8,18H,6H2,1-2H3. The van der Waals surface area contributed by atoms with Crippen molar-refractivity contribution in [1.29, 1.82) is 0 Å². The van der Waals surface area contributed by atoms with Crippen molar-refractivity contribution in [2.24, 2.45) is 0 Å². The Bertz CT molecular complexity index is 718. The van der Waals surface area contributed by atoms with Crippen molar-refractivity contribution in [3.05, 3.63) is 48.6 Å². The molecule has 2 aromatic rings. The predicted molar refractivity (Wildman–Crippen MR) is 81.9 cm³/mol. The van der Waals surface area contributed by atoms with Crippen LogP contribution in [0.15, 0.2) is 31.2 Å². The van der Waals surface area contributed by atoms with Crippen LogP contribution in [0.2, 0.25) is 0 Å². The zero-order chi connectivity index (χ0) is 15.6. The molecule has 2 rings (SSSR count). The van der Waals surface area contributed by atoms with Crippen molar-refractivity contribution in [2.75, 3.05) is 7.11 Å². The second kappa shape index (κ2) is 6.44. The number of esters is 1. The summed E-state index contributed by atoms with van der Waals surface area (Å²) in [4.78, 5) is 24.1. The Labute approximate surface area is 133 Å². The summed E-state index contributed by atoms with van der Waals surface area (Å²) in [6.07, 6.45) is -0.0244. The third-order valence-electron chi connectivity index (χ3n) is 2.92. The highest BCUT2D eigenvalue weighted by atomic mass is 79.9. The molecular weight excluding hydrogens is 360 g/mol. The molecule has 0 aliphatic rings. The third-order valence-corrected chi connectivity index (χ3v) is 4.66. The number of halogens is 1. The Balaban J connectivity index is 2.54. The van der Waals surface area contributed by atoms with Gasteiger partial charge >= 0.3 is 5.97 Å². The number of carbonyl (C=O) groups is 1. The van der Waals surface area contributed by atoms with Crippen molar-refractivity contribution in [3.63, 3.8) is 0 Å². The van der Waals surface area contributed by atoms with Gasteiger partial charge in [-0.1, -0.05) is 0 Å². The third kappa shape index (κ3) is 3.54. The number of hydrogen-bond donors (Lipinski definition) is 1. The maximum Gasteiger partial charge on any atom is 0.306 e. The van der Waals surface area contributed by atoms with Gasteiger partial charge in [0.2, 0.25) is 11.2 Å². The van der Waals surface area contributed by atoms with Crippen LogP contribution in [-0.2, 0) is 9.53 Å². The number of methoxy groups -OCH3 is 1. The quantitative estimate of drug-likeness (QED) is 0.834. The fraction of sp³-hybridized carbons (Fsp3) is 0.286. The number of thiophene rings is 1. The minimum atomic E-state index is -0.568. The number of rotatable bonds is 4. The predicted octanol–water partition coefficient (Wildman–Crippen LogP) is 3.17. The van der Waals surface area contributed by atoms with Gasteiger partial charge in [0.15, 0.2) is 5.76 Å². The van der Waals surface area contributed by atoms with Gasteiger partial charge in [0, 0.05) is 10.9 Å². The largest absolute Gasteiger partial charge is 0.502 e. The highest BCUT2D eigenvalue weighted by Crippen LogP contribution is 2.38. The Hall–Kier alpha value is -1.60. The molecule has 0 bridgehead atoms. The van der Waals surface area contributed by atoms with Gasteiger partial charge in [-0.15, -0.1) is 11.3 Å². The van der Waals surface area contributed by atoms with E-state index in [9.17, 15) is 14.7 Å². The van der Waals surface area contributed by atoms with E-state index in [1.165, 1.54) is 24.5 Å². The molecule has 0 aliphatic heterocycles. The molecule has 0 aliphatic carbocycles. The minimum absolute atomic E-state index is 0.0244. The molecule has 7 heteroatoms. The number of aromatic hydroxyl groups is 1. The maximum absolute atomic E-state index is 11.7. The Morgan fingerprint density at radius 1 is 1.52 bits per heavy atom. The number of hydrogen-bond acceptors (Lipinski definition) is 6. The van der Waals surface area contributed by atoms with E-state index in [-0.39, 0.29) is 12.2 Å². The lowest BCUT2D eigenvalue weighted by Crippen LogP contribution is -2.12. The lowest BCUT2D eigenvalue weighted by atomic mass is 9.99. The van der Waals surface area contributed by atoms with Gasteiger partial charge in [0.1, 0.15) is 5.76 Å². The first-order valence-electron chi connectivity index (χ1n) is 6.08. The van der Waals surface area contributed by atoms with Crippen LogP contribution in [0.5, 0.6) is 5.75 Å². The highest BCUT2D eigenvalue weighted by molar-refractivity contribution is 9.11. The summed E-state index contributed by atoms with van der Waals surface area (Å²) in [5, 5.41) is 9.98. The van der Waals surface area contributed by atoms with Gasteiger partial charge in [0.25, 0.3) is 0 Å². The molecule has 0 saturated carbocycles. The van der Waals surface area contributed by atoms with Crippen LogP contribution < -0.4 is 5.43 Å². The fourth-order valence-electron chi connectivity index (χ4n) is 1.95. The lowest BCUT2D eigenvalue weighted by molar-refractivity contribution is -0.140. The topological polar surface area (TPSA) is 76.7 Å². The van der Waals surface area contributed by atoms with Crippen LogP contribution in [0.4, 0.5) is 0 Å². The van der Waals surface area contributed by atoms with Gasteiger partial charge in [-0.3, -0.25) is 9.59 Å². The summed E-state index contributed by atoms with van der Waals surface area (Å²) in [6.45, 7) is 1.61. The Morgan fingerprint density at radius 2 is 2.24 bits per heavy atom. The molecular formula is C14H13BrO5S. The molecule has 21 heavy (non-hydrogen) atoms. The molecule has 2 aromatic heterocycles. The molecule has 1 unspecified atom stereocenters. The fourth-order valence-corrected chi connectivity index (χ4v) is 3.47. The SMILES string of the molecule is COC(=O)CC(c1ccc(Br)s1)c1oc(C)cc(=O)c1O. The van der Waals surface area contributed by atoms with Crippen molar-refractivity contribution in [2.45, 2.75) is 19.3 Å². The zero-order valence-electron chi connectivity index (χ0n) is 11.4. The van der Waals surface area contributed by atoms with Crippen LogP contribution in [0, 0.1) is 6.92 Å². The number of aryl methyl sites for hydroxylation is 1. The molecule has 0 saturated heterocycles. The van der Waals surface area contributed by atoms with E-state index in [0.29, 0.717) is 5.76 Å². The summed E-state index contributed by atoms with van der Waals surface area (Å²) in [6, 6.07) is 4.84. The average Bonchev–Trinajstić information content (AvgIpc) is 2.86. The molecule has 0 spiro atoms. The number of ether oxygens (including phenoxy) is 1. The van der Waals surface area contributed by atoms with Crippen LogP contribution in [0.3, 0.4) is 0 Å². The molecule has 1 N–H and O–H groups in total. The van der Waals surface area contributed by atoms with Crippen molar-refractivity contribution in [3.8, 4) is 5.75 Å². The summed E-state index contributed by atoms with van der Waals surface area (Å²) in [7, 11) is 1.29. The highest BCUT2D eigenvalue weighted by Gasteiger charge is 2.27. The van der Waals surface area contributed by atoms with Gasteiger partial charge in [-0.05, 0) is 35.0 Å². The van der Waals surface area contributed by atoms with Crippen molar-refractivity contribution < 1.29 is 19.1 Å². The van der Waals surface area contributed by atoms with E-state index in [4.69, 9.17) is 4.42 Å². The average molecular weight is 373 g/mol. The molecule has 5 nitrogen and oxygen atoms in total. The molecule has 0 radical (unpaired) electrons. The van der Waals surface area contributed by atoms with Crippen LogP contribution in [0.25, 0.3) is 0 Å². The summed E-state index contributed by atoms with van der Waals surface area (Å²) in [5.74, 6) is -1.04. The van der Waals surface area contributed by atoms with Gasteiger partial charge in [-0.25, -0.2) is 0 Å². The first kappa shape index (κ1) is 15.8. The molecule has 2 heterocycles. The zero-order valence-corrected chi connectivity index (χ0v) is 13.8. The van der Waals surface area contributed by atoms with E-state index in [1.54, 1.807) is 6.92 Å². The van der Waals surface area contributed by atoms with E-state index in [2.05, 4.69) is 20.7 Å². The van der Waals surface area contributed by atoms with Crippen molar-refractivity contribution in [1.82, 2.24) is 0 Å². The normalized spacial score (nSPS) is 12.1. The summed E-state index contributed by atoms with van der Waals surface area (Å²) < 4.78 is 11.1. The van der Waals surface area contributed by atoms with E-state index >= 15 is 0 Å². The first-order chi connectivity index (χ1) is 9.92. The molecule has 0 fully saturated rings. The van der Waals surface area contributed by atoms with Crippen LogP contribution >= 0.6 is 27.3 Å². The summed E-state index contributed by atoms with van der Waals surface area (Å²) >= 11 is 4.75. The molecule has 112 valence electrons. The first-order valence-corrected chi connectivity index (χ1v) is 7.69. The minimum Gasteiger partial charge on any atom is -0.502 e. The molecule has 0 aromatic carbocycles. The van der Waals surface area contributed by atoms with E-state index in [1.807, 2.05) is 12.1 Å². The van der Waals surface area contributed by atoms with E-state index in [0.717, 1.165) is 8.66 Å². The maximum atomic E-state index is 11.7. The Morgan fingerprint density at radius 3 is 2.81 bits per heavy atom. The second-order valence-electron chi connectivity index (χ2n) is 4.41. The van der Waals surface area contributed by atoms with Gasteiger partial charge in [-0.2, -0.15) is 0 Å². The molecule has 0 amide bonds. The smallest absolute Gasteiger partial charge is 0.306 e. The van der Waals surface area contributed by atoms with E-state index < -0.39 is 23.1 Å². The van der Waals surface area contributed by atoms with Gasteiger partial charge in [0.05, 0.1) is 23.2 Å². The van der Waals surface area contributed by atoms with Gasteiger partial charge < -0.3 is 14.3 Å². The van der Waals surface area contributed by atoms with Crippen LogP contribution in [0.1, 0.15) is 28.7 Å². The second-order valence-corrected chi connectivity index (χ2v) is 6.90. The monoisotopic (exact) mass is 372 g/mol. The molecule has 1 atom stereocenters. The lowest BCUT2D eigenvalue weighted by Gasteiger charge is -2.15. The number of carbonyl (C=O) groups excluding carboxylic acids is 1. The van der Waals surface area contributed by atoms with Crippen molar-refractivity contribution >= 4 is 33.2 Å². The Kier molecular flexibility index (Phi) is 4.84.